The summed E-state index contributed by atoms with van der Waals surface area (Å²) in [7, 11) is 0. The molecule has 0 bridgehead atoms. The predicted molar refractivity (Wildman–Crippen MR) is 71.9 cm³/mol. The Labute approximate surface area is 112 Å². The second-order valence-corrected chi connectivity index (χ2v) is 5.49. The normalized spacial score (nSPS) is 23.3. The molecule has 2 rings (SSSR count). The largest absolute Gasteiger partial charge is 0.298 e. The topological polar surface area (TPSA) is 54.5 Å². The van der Waals surface area contributed by atoms with Gasteiger partial charge in [0.25, 0.3) is 0 Å². The monoisotopic (exact) mass is 259 g/mol. The first-order valence-corrected chi connectivity index (χ1v) is 6.33. The molecule has 0 aliphatic carbocycles. The van der Waals surface area contributed by atoms with Crippen molar-refractivity contribution in [1.82, 2.24) is 0 Å². The first kappa shape index (κ1) is 13.5. The summed E-state index contributed by atoms with van der Waals surface area (Å²) in [5.41, 5.74) is 0.417. The van der Waals surface area contributed by atoms with Crippen LogP contribution in [-0.4, -0.2) is 18.1 Å². The molecular weight excluding hydrogens is 242 g/mol. The van der Waals surface area contributed by atoms with Crippen LogP contribution >= 0.6 is 0 Å². The highest BCUT2D eigenvalue weighted by Crippen LogP contribution is 2.41. The number of carbonyl (C=O) groups is 3. The van der Waals surface area contributed by atoms with E-state index < -0.39 is 5.41 Å². The number of aldehydes is 1. The summed E-state index contributed by atoms with van der Waals surface area (Å²) in [6.45, 7) is 5.73. The molecule has 1 fully saturated rings. The SMILES string of the molecule is CC(C)C1(C)CC(=O)N(c2ccc(C=O)cc2)C1=O. The van der Waals surface area contributed by atoms with Crippen LogP contribution in [0.1, 0.15) is 37.6 Å². The fourth-order valence-corrected chi connectivity index (χ4v) is 2.25. The van der Waals surface area contributed by atoms with Crippen LogP contribution in [0, 0.1) is 11.3 Å². The van der Waals surface area contributed by atoms with Crippen LogP contribution < -0.4 is 4.90 Å². The van der Waals surface area contributed by atoms with Crippen LogP contribution in [0.25, 0.3) is 0 Å². The molecule has 1 aliphatic rings. The Balaban J connectivity index is 2.37. The molecule has 0 spiro atoms. The molecule has 2 amide bonds. The molecule has 4 heteroatoms. The van der Waals surface area contributed by atoms with Gasteiger partial charge < -0.3 is 0 Å². The van der Waals surface area contributed by atoms with E-state index in [2.05, 4.69) is 0 Å². The van der Waals surface area contributed by atoms with Crippen molar-refractivity contribution in [3.63, 3.8) is 0 Å². The van der Waals surface area contributed by atoms with E-state index in [1.165, 1.54) is 4.90 Å². The summed E-state index contributed by atoms with van der Waals surface area (Å²) in [6, 6.07) is 6.47. The Morgan fingerprint density at radius 1 is 1.21 bits per heavy atom. The first-order valence-electron chi connectivity index (χ1n) is 6.33. The van der Waals surface area contributed by atoms with Gasteiger partial charge in [-0.3, -0.25) is 19.3 Å². The summed E-state index contributed by atoms with van der Waals surface area (Å²) >= 11 is 0. The van der Waals surface area contributed by atoms with Gasteiger partial charge >= 0.3 is 0 Å². The zero-order valence-corrected chi connectivity index (χ0v) is 11.3. The number of carbonyl (C=O) groups excluding carboxylic acids is 3. The number of hydrogen-bond donors (Lipinski definition) is 0. The van der Waals surface area contributed by atoms with Crippen molar-refractivity contribution in [2.45, 2.75) is 27.2 Å². The summed E-state index contributed by atoms with van der Waals surface area (Å²) in [5.74, 6) is -0.241. The summed E-state index contributed by atoms with van der Waals surface area (Å²) in [5, 5.41) is 0. The Bertz CT molecular complexity index is 533. The van der Waals surface area contributed by atoms with Gasteiger partial charge in [0, 0.05) is 12.0 Å². The van der Waals surface area contributed by atoms with E-state index in [-0.39, 0.29) is 24.2 Å². The average molecular weight is 259 g/mol. The van der Waals surface area contributed by atoms with Gasteiger partial charge in [0.15, 0.2) is 0 Å². The third-order valence-corrected chi connectivity index (χ3v) is 4.02. The highest BCUT2D eigenvalue weighted by Gasteiger charge is 2.50. The number of benzene rings is 1. The molecule has 1 aromatic carbocycles. The maximum absolute atomic E-state index is 12.5. The lowest BCUT2D eigenvalue weighted by Gasteiger charge is -2.26. The predicted octanol–water partition coefficient (Wildman–Crippen LogP) is 2.42. The Kier molecular flexibility index (Phi) is 3.27. The first-order chi connectivity index (χ1) is 8.90. The van der Waals surface area contributed by atoms with Gasteiger partial charge in [-0.15, -0.1) is 0 Å². The van der Waals surface area contributed by atoms with E-state index >= 15 is 0 Å². The number of amides is 2. The molecule has 19 heavy (non-hydrogen) atoms. The van der Waals surface area contributed by atoms with E-state index in [1.54, 1.807) is 24.3 Å². The van der Waals surface area contributed by atoms with Crippen molar-refractivity contribution in [3.8, 4) is 0 Å². The molecule has 0 N–H and O–H groups in total. The van der Waals surface area contributed by atoms with Gasteiger partial charge in [0.05, 0.1) is 11.1 Å². The minimum absolute atomic E-state index is 0.100. The number of imide groups is 1. The Hall–Kier alpha value is -1.97. The van der Waals surface area contributed by atoms with Crippen LogP contribution in [0.3, 0.4) is 0 Å². The van der Waals surface area contributed by atoms with Crippen LogP contribution in [0.5, 0.6) is 0 Å². The van der Waals surface area contributed by atoms with Gasteiger partial charge in [-0.05, 0) is 37.1 Å². The molecule has 100 valence electrons. The Morgan fingerprint density at radius 3 is 2.21 bits per heavy atom. The average Bonchev–Trinajstić information content (AvgIpc) is 2.61. The summed E-state index contributed by atoms with van der Waals surface area (Å²) < 4.78 is 0. The standard InChI is InChI=1S/C15H17NO3/c1-10(2)15(3)8-13(18)16(14(15)19)12-6-4-11(9-17)5-7-12/h4-7,9-10H,8H2,1-3H3. The fourth-order valence-electron chi connectivity index (χ4n) is 2.25. The number of nitrogens with zero attached hydrogens (tertiary/aromatic N) is 1. The van der Waals surface area contributed by atoms with Crippen molar-refractivity contribution >= 4 is 23.8 Å². The lowest BCUT2D eigenvalue weighted by Crippen LogP contribution is -2.36. The molecule has 1 aliphatic heterocycles. The lowest BCUT2D eigenvalue weighted by molar-refractivity contribution is -0.126. The lowest BCUT2D eigenvalue weighted by atomic mass is 9.78. The van der Waals surface area contributed by atoms with E-state index in [0.717, 1.165) is 6.29 Å². The molecule has 4 nitrogen and oxygen atoms in total. The molecule has 0 radical (unpaired) electrons. The van der Waals surface area contributed by atoms with Gasteiger partial charge in [0.2, 0.25) is 11.8 Å². The highest BCUT2D eigenvalue weighted by molar-refractivity contribution is 6.22. The van der Waals surface area contributed by atoms with Gasteiger partial charge in [-0.2, -0.15) is 0 Å². The highest BCUT2D eigenvalue weighted by atomic mass is 16.2. The zero-order valence-electron chi connectivity index (χ0n) is 11.3. The van der Waals surface area contributed by atoms with Crippen molar-refractivity contribution in [2.75, 3.05) is 4.90 Å². The second-order valence-electron chi connectivity index (χ2n) is 5.49. The van der Waals surface area contributed by atoms with E-state index in [9.17, 15) is 14.4 Å². The van der Waals surface area contributed by atoms with Crippen molar-refractivity contribution in [3.05, 3.63) is 29.8 Å². The maximum Gasteiger partial charge on any atom is 0.240 e. The minimum atomic E-state index is -0.638. The molecular formula is C15H17NO3. The maximum atomic E-state index is 12.5. The summed E-state index contributed by atoms with van der Waals surface area (Å²) in [6.07, 6.45) is 0.967. The molecule has 1 saturated heterocycles. The van der Waals surface area contributed by atoms with E-state index in [1.807, 2.05) is 20.8 Å². The van der Waals surface area contributed by atoms with Gasteiger partial charge in [-0.1, -0.05) is 13.8 Å². The second kappa shape index (κ2) is 4.61. The van der Waals surface area contributed by atoms with Crippen LogP contribution in [-0.2, 0) is 9.59 Å². The Morgan fingerprint density at radius 2 is 1.79 bits per heavy atom. The van der Waals surface area contributed by atoms with Crippen molar-refractivity contribution < 1.29 is 14.4 Å². The molecule has 1 unspecified atom stereocenters. The smallest absolute Gasteiger partial charge is 0.240 e. The fraction of sp³-hybridized carbons (Fsp3) is 0.400. The van der Waals surface area contributed by atoms with Crippen LogP contribution in [0.15, 0.2) is 24.3 Å². The van der Waals surface area contributed by atoms with Gasteiger partial charge in [0.1, 0.15) is 6.29 Å². The molecule has 1 atom stereocenters. The van der Waals surface area contributed by atoms with Gasteiger partial charge in [-0.25, -0.2) is 0 Å². The number of rotatable bonds is 3. The quantitative estimate of drug-likeness (QED) is 0.618. The van der Waals surface area contributed by atoms with Crippen molar-refractivity contribution in [2.24, 2.45) is 11.3 Å². The third-order valence-electron chi connectivity index (χ3n) is 4.02. The zero-order chi connectivity index (χ0) is 14.2. The van der Waals surface area contributed by atoms with E-state index in [0.29, 0.717) is 11.3 Å². The minimum Gasteiger partial charge on any atom is -0.298 e. The van der Waals surface area contributed by atoms with Crippen LogP contribution in [0.4, 0.5) is 5.69 Å². The number of hydrogen-bond acceptors (Lipinski definition) is 3. The third kappa shape index (κ3) is 2.07. The molecule has 1 heterocycles. The molecule has 1 aromatic rings. The van der Waals surface area contributed by atoms with E-state index in [4.69, 9.17) is 0 Å². The molecule has 0 saturated carbocycles. The van der Waals surface area contributed by atoms with Crippen LogP contribution in [0.2, 0.25) is 0 Å². The summed E-state index contributed by atoms with van der Waals surface area (Å²) in [4.78, 5) is 36.4. The van der Waals surface area contributed by atoms with Crippen molar-refractivity contribution in [1.29, 1.82) is 0 Å². The number of anilines is 1. The molecule has 0 aromatic heterocycles.